The summed E-state index contributed by atoms with van der Waals surface area (Å²) < 4.78 is 0. The van der Waals surface area contributed by atoms with E-state index in [2.05, 4.69) is 57.5 Å². The molecule has 1 aliphatic heterocycles. The maximum Gasteiger partial charge on any atom is 0.326 e. The molecule has 28 heteroatoms. The summed E-state index contributed by atoms with van der Waals surface area (Å²) in [5.41, 5.74) is 16.8. The molecule has 1 aliphatic rings. The number of hydrogen-bond donors (Lipinski definition) is 14. The minimum Gasteiger partial charge on any atom is -0.481 e. The van der Waals surface area contributed by atoms with Crippen LogP contribution >= 0.6 is 0 Å². The number of aromatic nitrogens is 2. The monoisotopic (exact) mass is 1100 g/mol. The molecular weight excluding hydrogens is 1020 g/mol. The molecule has 17 N–H and O–H groups in total. The predicted octanol–water partition coefficient (Wildman–Crippen LogP) is -2.40. The van der Waals surface area contributed by atoms with E-state index >= 15 is 0 Å². The van der Waals surface area contributed by atoms with Gasteiger partial charge in [-0.1, -0.05) is 55.4 Å². The number of likely N-dealkylation sites (tertiary alicyclic amines) is 1. The van der Waals surface area contributed by atoms with E-state index in [0.717, 1.165) is 0 Å². The van der Waals surface area contributed by atoms with Crippen LogP contribution in [0.25, 0.3) is 0 Å². The minimum atomic E-state index is -1.59. The number of nitrogens with zero attached hydrogens (tertiary/aromatic N) is 3. The molecule has 1 aromatic heterocycles. The number of amides is 9. The molecule has 0 aromatic carbocycles. The number of H-pyrrole nitrogens is 1. The first-order chi connectivity index (χ1) is 36.5. The molecule has 0 unspecified atom stereocenters. The minimum absolute atomic E-state index is 0.00443. The van der Waals surface area contributed by atoms with E-state index in [-0.39, 0.29) is 87.7 Å². The topological polar surface area (TPSA) is 447 Å². The third-order valence-electron chi connectivity index (χ3n) is 12.4. The van der Waals surface area contributed by atoms with Crippen molar-refractivity contribution in [3.05, 3.63) is 18.2 Å². The van der Waals surface area contributed by atoms with E-state index in [1.807, 2.05) is 13.8 Å². The fourth-order valence-corrected chi connectivity index (χ4v) is 8.43. The number of hydrogen-bond acceptors (Lipinski definition) is 14. The zero-order chi connectivity index (χ0) is 59.0. The molecule has 438 valence electrons. The third-order valence-corrected chi connectivity index (χ3v) is 12.4. The number of aliphatic imine (C=N–C) groups is 1. The average molecular weight is 1100 g/mol. The molecule has 0 radical (unpaired) electrons. The quantitative estimate of drug-likeness (QED) is 0.0194. The number of guanidine groups is 1. The van der Waals surface area contributed by atoms with Crippen LogP contribution in [0.3, 0.4) is 0 Å². The number of aliphatic carboxylic acids is 2. The van der Waals surface area contributed by atoms with Crippen LogP contribution in [0.5, 0.6) is 0 Å². The van der Waals surface area contributed by atoms with Crippen LogP contribution in [-0.2, 0) is 59.2 Å². The molecule has 0 saturated carbocycles. The number of aromatic amines is 1. The van der Waals surface area contributed by atoms with Gasteiger partial charge in [-0.05, 0) is 82.0 Å². The fourth-order valence-electron chi connectivity index (χ4n) is 8.43. The molecule has 1 fully saturated rings. The molecule has 0 spiro atoms. The van der Waals surface area contributed by atoms with Crippen LogP contribution in [-0.4, -0.2) is 170 Å². The molecule has 2 rings (SSSR count). The zero-order valence-electron chi connectivity index (χ0n) is 46.3. The number of carbonyl (C=O) groups excluding carboxylic acids is 9. The van der Waals surface area contributed by atoms with Gasteiger partial charge in [-0.15, -0.1) is 0 Å². The Balaban J connectivity index is 2.34. The van der Waals surface area contributed by atoms with Gasteiger partial charge in [-0.3, -0.25) is 52.9 Å². The Kier molecular flexibility index (Phi) is 28.2. The second-order valence-corrected chi connectivity index (χ2v) is 21.2. The van der Waals surface area contributed by atoms with Crippen LogP contribution in [0.4, 0.5) is 0 Å². The Morgan fingerprint density at radius 1 is 0.679 bits per heavy atom. The highest BCUT2D eigenvalue weighted by Crippen LogP contribution is 2.22. The lowest BCUT2D eigenvalue weighted by atomic mass is 9.99. The lowest BCUT2D eigenvalue weighted by Gasteiger charge is -2.31. The highest BCUT2D eigenvalue weighted by atomic mass is 16.4. The van der Waals surface area contributed by atoms with Crippen LogP contribution in [0.15, 0.2) is 17.5 Å². The number of carboxylic acids is 2. The number of carbonyl (C=O) groups is 11. The van der Waals surface area contributed by atoms with Crippen LogP contribution in [0.1, 0.15) is 126 Å². The van der Waals surface area contributed by atoms with E-state index in [1.165, 1.54) is 24.3 Å². The molecule has 1 aromatic rings. The summed E-state index contributed by atoms with van der Waals surface area (Å²) in [5, 5.41) is 40.1. The molecule has 0 aliphatic carbocycles. The van der Waals surface area contributed by atoms with Crippen molar-refractivity contribution < 1.29 is 63.0 Å². The van der Waals surface area contributed by atoms with Gasteiger partial charge in [0, 0.05) is 37.8 Å². The Labute approximate surface area is 454 Å². The van der Waals surface area contributed by atoms with Crippen molar-refractivity contribution in [3.63, 3.8) is 0 Å². The van der Waals surface area contributed by atoms with E-state index in [1.54, 1.807) is 41.5 Å². The first-order valence-corrected chi connectivity index (χ1v) is 26.4. The maximum atomic E-state index is 14.4. The van der Waals surface area contributed by atoms with Crippen molar-refractivity contribution in [2.75, 3.05) is 19.6 Å². The van der Waals surface area contributed by atoms with Crippen molar-refractivity contribution in [3.8, 4) is 0 Å². The van der Waals surface area contributed by atoms with Crippen molar-refractivity contribution in [2.24, 2.45) is 45.9 Å². The highest BCUT2D eigenvalue weighted by molar-refractivity contribution is 5.98. The van der Waals surface area contributed by atoms with Gasteiger partial charge in [0.15, 0.2) is 5.96 Å². The van der Waals surface area contributed by atoms with Gasteiger partial charge in [0.25, 0.3) is 0 Å². The van der Waals surface area contributed by atoms with Gasteiger partial charge in [0.2, 0.25) is 53.2 Å². The van der Waals surface area contributed by atoms with Gasteiger partial charge in [0.05, 0.1) is 18.9 Å². The summed E-state index contributed by atoms with van der Waals surface area (Å²) in [6.45, 7) is 15.2. The van der Waals surface area contributed by atoms with Crippen LogP contribution in [0.2, 0.25) is 0 Å². The largest absolute Gasteiger partial charge is 0.481 e. The normalized spacial score (nSPS) is 16.3. The summed E-state index contributed by atoms with van der Waals surface area (Å²) in [4.78, 5) is 159. The molecule has 28 nitrogen and oxygen atoms in total. The zero-order valence-corrected chi connectivity index (χ0v) is 46.3. The smallest absolute Gasteiger partial charge is 0.326 e. The fraction of sp³-hybridized carbons (Fsp3) is 0.700. The summed E-state index contributed by atoms with van der Waals surface area (Å²) in [6.07, 6.45) is 2.50. The molecule has 9 atom stereocenters. The Bertz CT molecular complexity index is 2230. The van der Waals surface area contributed by atoms with E-state index in [0.29, 0.717) is 12.1 Å². The number of imidazole rings is 1. The first-order valence-electron chi connectivity index (χ1n) is 26.4. The van der Waals surface area contributed by atoms with Gasteiger partial charge in [-0.25, -0.2) is 9.78 Å². The standard InChI is InChI=1S/C50H85N15O13/c1-25(2)18-33(62-47(75)40(28(7)8)64-41(69)29(9)51)42(70)56-23-38(66)58-34(19-26(3)4)44(72)59-31(14-15-39(67)68)43(71)61-35(21-30-22-54-24-57-30)45(73)63-36(20-27(5)6)48(76)65-17-11-13-37(65)46(74)60-32(49(77)78)12-10-16-55-50(52)53/h22,24-29,31-37,40H,10-21,23,51H2,1-9H3,(H,54,57)(H,56,70)(H,58,66)(H,59,72)(H,60,74)(H,61,71)(H,62,75)(H,63,73)(H,64,69)(H,67,68)(H,77,78)(H4,52,53,55)/t29-,31-,32-,33-,34-,35-,36-,37-,40-/m0/s1. The predicted molar refractivity (Wildman–Crippen MR) is 285 cm³/mol. The SMILES string of the molecule is CC(C)C[C@H](NC(=O)CNC(=O)[C@H](CC(C)C)NC(=O)[C@@H](NC(=O)[C@H](C)N)C(C)C)C(=O)N[C@@H](CCC(=O)O)C(=O)N[C@@H](Cc1cnc[nH]1)C(=O)N[C@@H](CC(C)C)C(=O)N1CCC[C@H]1C(=O)N[C@@H](CCCN=C(N)N)C(=O)O. The van der Waals surface area contributed by atoms with Crippen molar-refractivity contribution >= 4 is 71.1 Å². The summed E-state index contributed by atoms with van der Waals surface area (Å²) in [5.74, 6) is -10.5. The molecule has 78 heavy (non-hydrogen) atoms. The van der Waals surface area contributed by atoms with E-state index in [4.69, 9.17) is 17.2 Å². The third kappa shape index (κ3) is 23.9. The Morgan fingerprint density at radius 3 is 1.77 bits per heavy atom. The van der Waals surface area contributed by atoms with Crippen molar-refractivity contribution in [1.82, 2.24) is 57.4 Å². The Hall–Kier alpha value is -7.39. The Morgan fingerprint density at radius 2 is 1.23 bits per heavy atom. The van der Waals surface area contributed by atoms with E-state index in [9.17, 15) is 63.0 Å². The lowest BCUT2D eigenvalue weighted by molar-refractivity contribution is -0.145. The number of nitrogens with one attached hydrogen (secondary N) is 9. The average Bonchev–Trinajstić information content (AvgIpc) is 4.06. The number of carboxylic acid groups (broad SMARTS) is 2. The van der Waals surface area contributed by atoms with Crippen molar-refractivity contribution in [2.45, 2.75) is 181 Å². The second-order valence-electron chi connectivity index (χ2n) is 21.2. The number of rotatable bonds is 34. The van der Waals surface area contributed by atoms with E-state index < -0.39 is 139 Å². The second kappa shape index (κ2) is 33.0. The summed E-state index contributed by atoms with van der Waals surface area (Å²) in [6, 6.07) is -11.1. The molecule has 9 amide bonds. The molecule has 1 saturated heterocycles. The van der Waals surface area contributed by atoms with Crippen LogP contribution in [0, 0.1) is 23.7 Å². The molecular formula is C50H85N15O13. The lowest BCUT2D eigenvalue weighted by Crippen LogP contribution is -2.60. The maximum absolute atomic E-state index is 14.4. The summed E-state index contributed by atoms with van der Waals surface area (Å²) in [7, 11) is 0. The van der Waals surface area contributed by atoms with Crippen LogP contribution < -0.4 is 59.7 Å². The van der Waals surface area contributed by atoms with Gasteiger partial charge in [-0.2, -0.15) is 0 Å². The van der Waals surface area contributed by atoms with Crippen molar-refractivity contribution in [1.29, 1.82) is 0 Å². The van der Waals surface area contributed by atoms with Gasteiger partial charge < -0.3 is 79.8 Å². The molecule has 0 bridgehead atoms. The number of nitrogens with two attached hydrogens (primary N) is 3. The van der Waals surface area contributed by atoms with Gasteiger partial charge in [0.1, 0.15) is 48.3 Å². The summed E-state index contributed by atoms with van der Waals surface area (Å²) >= 11 is 0. The molecule has 2 heterocycles. The van der Waals surface area contributed by atoms with Gasteiger partial charge >= 0.3 is 11.9 Å². The highest BCUT2D eigenvalue weighted by Gasteiger charge is 2.40. The first kappa shape index (κ1) is 66.7.